The van der Waals surface area contributed by atoms with Gasteiger partial charge in [0.15, 0.2) is 0 Å². The Labute approximate surface area is 163 Å². The summed E-state index contributed by atoms with van der Waals surface area (Å²) in [5.74, 6) is 1.27. The molecule has 1 amide bonds. The molecule has 4 bridgehead atoms. The molecule has 7 heteroatoms. The number of nitrogens with one attached hydrogen (secondary N) is 2. The molecule has 0 aromatic carbocycles. The molecule has 0 spiro atoms. The van der Waals surface area contributed by atoms with Crippen LogP contribution < -0.4 is 11.1 Å². The zero-order valence-corrected chi connectivity index (χ0v) is 15.8. The van der Waals surface area contributed by atoms with Crippen molar-refractivity contribution in [1.82, 2.24) is 9.97 Å². The molecule has 4 aliphatic rings. The standard InChI is InChI=1S/C21H25N5O2/c22-3-1-5-28-21-8-12-6-13(9-21)17(14(7-12)10-21)26-18-15-2-4-24-20(15)25-11-16(18)19(23)27/h2,4,11-14,17H,1,5-10H2,(H2,23,27)(H2,24,25,26)/t12?,13-,14+,17?,21?. The number of hydrogen-bond acceptors (Lipinski definition) is 5. The lowest BCUT2D eigenvalue weighted by molar-refractivity contribution is -0.165. The number of aromatic nitrogens is 2. The Morgan fingerprint density at radius 3 is 2.89 bits per heavy atom. The van der Waals surface area contributed by atoms with Crippen molar-refractivity contribution in [1.29, 1.82) is 5.26 Å². The molecule has 28 heavy (non-hydrogen) atoms. The average molecular weight is 379 g/mol. The van der Waals surface area contributed by atoms with Gasteiger partial charge < -0.3 is 20.8 Å². The molecule has 0 saturated heterocycles. The van der Waals surface area contributed by atoms with Crippen molar-refractivity contribution in [3.63, 3.8) is 0 Å². The second-order valence-electron chi connectivity index (χ2n) is 8.73. The molecule has 2 aromatic heterocycles. The molecule has 7 nitrogen and oxygen atoms in total. The predicted octanol–water partition coefficient (Wildman–Crippen LogP) is 2.95. The number of anilines is 1. The minimum absolute atomic E-state index is 0.0559. The van der Waals surface area contributed by atoms with Crippen molar-refractivity contribution < 1.29 is 9.53 Å². The average Bonchev–Trinajstić information content (AvgIpc) is 3.13. The first kappa shape index (κ1) is 17.5. The SMILES string of the molecule is N#CCCOC12CC3C[C@H](C1)C(Nc1c(C(N)=O)cnc4[nH]ccc14)[C@@H](C3)C2. The van der Waals surface area contributed by atoms with E-state index in [0.717, 1.165) is 36.0 Å². The molecule has 5 atom stereocenters. The molecule has 4 N–H and O–H groups in total. The van der Waals surface area contributed by atoms with E-state index < -0.39 is 5.91 Å². The van der Waals surface area contributed by atoms with E-state index in [4.69, 9.17) is 15.7 Å². The Kier molecular flexibility index (Phi) is 4.06. The molecule has 2 aromatic rings. The Balaban J connectivity index is 1.43. The fourth-order valence-electron chi connectivity index (χ4n) is 6.19. The Bertz CT molecular complexity index is 945. The summed E-state index contributed by atoms with van der Waals surface area (Å²) < 4.78 is 6.26. The summed E-state index contributed by atoms with van der Waals surface area (Å²) in [4.78, 5) is 19.4. The molecule has 4 aliphatic carbocycles. The Morgan fingerprint density at radius 1 is 1.39 bits per heavy atom. The van der Waals surface area contributed by atoms with Crippen LogP contribution in [0.3, 0.4) is 0 Å². The van der Waals surface area contributed by atoms with E-state index in [-0.39, 0.29) is 5.60 Å². The van der Waals surface area contributed by atoms with Crippen LogP contribution in [-0.2, 0) is 4.74 Å². The van der Waals surface area contributed by atoms with Gasteiger partial charge in [-0.25, -0.2) is 4.98 Å². The first-order valence-corrected chi connectivity index (χ1v) is 10.1. The third-order valence-electron chi connectivity index (χ3n) is 7.00. The van der Waals surface area contributed by atoms with Crippen LogP contribution in [0.5, 0.6) is 0 Å². The highest BCUT2D eigenvalue weighted by Gasteiger charge is 2.56. The highest BCUT2D eigenvalue weighted by Crippen LogP contribution is 2.58. The molecular weight excluding hydrogens is 354 g/mol. The van der Waals surface area contributed by atoms with Crippen LogP contribution in [-0.4, -0.2) is 34.1 Å². The monoisotopic (exact) mass is 379 g/mol. The number of pyridine rings is 1. The van der Waals surface area contributed by atoms with Crippen molar-refractivity contribution in [3.05, 3.63) is 24.0 Å². The first-order chi connectivity index (χ1) is 13.6. The van der Waals surface area contributed by atoms with Crippen molar-refractivity contribution in [2.75, 3.05) is 11.9 Å². The number of amides is 1. The van der Waals surface area contributed by atoms with E-state index in [1.165, 1.54) is 12.8 Å². The minimum atomic E-state index is -0.460. The van der Waals surface area contributed by atoms with Gasteiger partial charge in [0.2, 0.25) is 0 Å². The van der Waals surface area contributed by atoms with Gasteiger partial charge in [0.1, 0.15) is 5.65 Å². The maximum Gasteiger partial charge on any atom is 0.252 e. The third-order valence-corrected chi connectivity index (χ3v) is 7.00. The van der Waals surface area contributed by atoms with E-state index in [0.29, 0.717) is 42.4 Å². The fraction of sp³-hybridized carbons (Fsp3) is 0.571. The lowest BCUT2D eigenvalue weighted by Gasteiger charge is -2.59. The second kappa shape index (κ2) is 6.49. The van der Waals surface area contributed by atoms with Crippen molar-refractivity contribution in [2.45, 2.75) is 50.2 Å². The minimum Gasteiger partial charge on any atom is -0.380 e. The van der Waals surface area contributed by atoms with Gasteiger partial charge in [-0.05, 0) is 55.9 Å². The Hall–Kier alpha value is -2.59. The van der Waals surface area contributed by atoms with Crippen molar-refractivity contribution in [3.8, 4) is 6.07 Å². The summed E-state index contributed by atoms with van der Waals surface area (Å²) in [5.41, 5.74) is 7.59. The van der Waals surface area contributed by atoms with Gasteiger partial charge in [0.25, 0.3) is 5.91 Å². The molecule has 2 heterocycles. The number of ether oxygens (including phenoxy) is 1. The summed E-state index contributed by atoms with van der Waals surface area (Å²) in [6, 6.07) is 4.44. The summed E-state index contributed by atoms with van der Waals surface area (Å²) in [5, 5.41) is 13.5. The van der Waals surface area contributed by atoms with E-state index in [2.05, 4.69) is 21.4 Å². The maximum atomic E-state index is 12.0. The third kappa shape index (κ3) is 2.75. The van der Waals surface area contributed by atoms with Crippen LogP contribution in [0.4, 0.5) is 5.69 Å². The number of carbonyl (C=O) groups is 1. The van der Waals surface area contributed by atoms with Crippen LogP contribution in [0.2, 0.25) is 0 Å². The number of fused-ring (bicyclic) bond motifs is 1. The number of nitrogens with two attached hydrogens (primary N) is 1. The maximum absolute atomic E-state index is 12.0. The smallest absolute Gasteiger partial charge is 0.252 e. The number of rotatable bonds is 6. The summed E-state index contributed by atoms with van der Waals surface area (Å²) in [6.45, 7) is 0.529. The zero-order valence-electron chi connectivity index (χ0n) is 15.8. The molecule has 4 saturated carbocycles. The molecular formula is C21H25N5O2. The molecule has 0 radical (unpaired) electrons. The molecule has 0 aliphatic heterocycles. The van der Waals surface area contributed by atoms with Gasteiger partial charge in [-0.3, -0.25) is 4.79 Å². The normalized spacial score (nSPS) is 33.1. The largest absolute Gasteiger partial charge is 0.380 e. The molecule has 3 unspecified atom stereocenters. The first-order valence-electron chi connectivity index (χ1n) is 10.1. The van der Waals surface area contributed by atoms with Gasteiger partial charge in [-0.1, -0.05) is 0 Å². The number of H-pyrrole nitrogens is 1. The number of hydrogen-bond donors (Lipinski definition) is 3. The van der Waals surface area contributed by atoms with Crippen molar-refractivity contribution >= 4 is 22.6 Å². The summed E-state index contributed by atoms with van der Waals surface area (Å²) in [6.07, 6.45) is 9.42. The van der Waals surface area contributed by atoms with Crippen LogP contribution in [0.15, 0.2) is 18.5 Å². The lowest BCUT2D eigenvalue weighted by atomic mass is 9.52. The van der Waals surface area contributed by atoms with Crippen LogP contribution in [0.1, 0.15) is 48.9 Å². The van der Waals surface area contributed by atoms with E-state index >= 15 is 0 Å². The van der Waals surface area contributed by atoms with Gasteiger partial charge in [0, 0.05) is 23.8 Å². The van der Waals surface area contributed by atoms with E-state index in [9.17, 15) is 4.79 Å². The zero-order chi connectivity index (χ0) is 19.3. The van der Waals surface area contributed by atoms with Crippen LogP contribution in [0.25, 0.3) is 11.0 Å². The molecule has 146 valence electrons. The number of aromatic amines is 1. The lowest BCUT2D eigenvalue weighted by Crippen LogP contribution is -2.60. The number of nitrogens with zero attached hydrogens (tertiary/aromatic N) is 2. The Morgan fingerprint density at radius 2 is 2.18 bits per heavy atom. The highest BCUT2D eigenvalue weighted by molar-refractivity contribution is 6.06. The fourth-order valence-corrected chi connectivity index (χ4v) is 6.19. The summed E-state index contributed by atoms with van der Waals surface area (Å²) >= 11 is 0. The molecule has 6 rings (SSSR count). The quantitative estimate of drug-likeness (QED) is 0.667. The number of carbonyl (C=O) groups excluding carboxylic acids is 1. The van der Waals surface area contributed by atoms with Gasteiger partial charge in [-0.2, -0.15) is 5.26 Å². The predicted molar refractivity (Wildman–Crippen MR) is 104 cm³/mol. The van der Waals surface area contributed by atoms with Crippen molar-refractivity contribution in [2.24, 2.45) is 23.5 Å². The topological polar surface area (TPSA) is 117 Å². The second-order valence-corrected chi connectivity index (χ2v) is 8.73. The summed E-state index contributed by atoms with van der Waals surface area (Å²) in [7, 11) is 0. The highest BCUT2D eigenvalue weighted by atomic mass is 16.5. The number of primary amides is 1. The number of nitriles is 1. The van der Waals surface area contributed by atoms with E-state index in [1.54, 1.807) is 6.20 Å². The van der Waals surface area contributed by atoms with Gasteiger partial charge in [-0.15, -0.1) is 0 Å². The van der Waals surface area contributed by atoms with E-state index in [1.807, 2.05) is 12.3 Å². The molecule has 4 fully saturated rings. The van der Waals surface area contributed by atoms with Gasteiger partial charge in [0.05, 0.1) is 35.9 Å². The van der Waals surface area contributed by atoms with Crippen LogP contribution in [0, 0.1) is 29.1 Å². The van der Waals surface area contributed by atoms with Gasteiger partial charge >= 0.3 is 0 Å². The van der Waals surface area contributed by atoms with Crippen LogP contribution >= 0.6 is 0 Å².